The van der Waals surface area contributed by atoms with Crippen LogP contribution in [-0.4, -0.2) is 41.1 Å². The average Bonchev–Trinajstić information content (AvgIpc) is 3.49. The highest BCUT2D eigenvalue weighted by Gasteiger charge is 2.16. The van der Waals surface area contributed by atoms with E-state index in [2.05, 4.69) is 41.5 Å². The number of allylic oxidation sites excluding steroid dienone is 1. The molecule has 10 nitrogen and oxygen atoms in total. The highest BCUT2D eigenvalue weighted by atomic mass is 35.5. The number of carbonyl (C=O) groups is 1. The summed E-state index contributed by atoms with van der Waals surface area (Å²) >= 11 is 7.53. The number of imidazole rings is 1. The molecule has 0 spiro atoms. The Morgan fingerprint density at radius 3 is 2.68 bits per heavy atom. The zero-order valence-electron chi connectivity index (χ0n) is 21.2. The number of methoxy groups -OCH3 is 1. The topological polar surface area (TPSA) is 132 Å². The zero-order valence-corrected chi connectivity index (χ0v) is 22.8. The first-order chi connectivity index (χ1) is 18.4. The van der Waals surface area contributed by atoms with Crippen molar-refractivity contribution in [2.24, 2.45) is 10.2 Å². The highest BCUT2D eigenvalue weighted by Crippen LogP contribution is 2.40. The molecule has 12 heteroatoms. The third-order valence-corrected chi connectivity index (χ3v) is 6.88. The molecular weight excluding hydrogens is 524 g/mol. The van der Waals surface area contributed by atoms with Crippen LogP contribution < -0.4 is 15.0 Å². The van der Waals surface area contributed by atoms with Crippen LogP contribution in [0.3, 0.4) is 0 Å². The predicted molar refractivity (Wildman–Crippen MR) is 152 cm³/mol. The fraction of sp³-hybridized carbons (Fsp3) is 0.231. The van der Waals surface area contributed by atoms with Crippen LogP contribution >= 0.6 is 22.9 Å². The second kappa shape index (κ2) is 11.9. The van der Waals surface area contributed by atoms with Gasteiger partial charge in [-0.15, -0.1) is 10.2 Å². The quantitative estimate of drug-likeness (QED) is 0.171. The molecule has 0 aliphatic rings. The van der Waals surface area contributed by atoms with Gasteiger partial charge >= 0.3 is 0 Å². The maximum absolute atomic E-state index is 11.9. The summed E-state index contributed by atoms with van der Waals surface area (Å²) in [4.78, 5) is 26.4. The van der Waals surface area contributed by atoms with Gasteiger partial charge in [0.1, 0.15) is 28.5 Å². The monoisotopic (exact) mass is 548 g/mol. The molecular formula is C26H25ClN8O2S. The van der Waals surface area contributed by atoms with Crippen molar-refractivity contribution in [2.45, 2.75) is 20.8 Å². The molecule has 194 valence electrons. The lowest BCUT2D eigenvalue weighted by atomic mass is 10.2. The van der Waals surface area contributed by atoms with Crippen molar-refractivity contribution in [1.29, 1.82) is 5.26 Å². The smallest absolute Gasteiger partial charge is 0.231 e. The van der Waals surface area contributed by atoms with E-state index in [1.807, 2.05) is 44.2 Å². The molecule has 0 atom stereocenters. The zero-order chi connectivity index (χ0) is 27.2. The van der Waals surface area contributed by atoms with E-state index in [4.69, 9.17) is 16.3 Å². The molecule has 4 aromatic rings. The van der Waals surface area contributed by atoms with Crippen LogP contribution in [0.1, 0.15) is 31.5 Å². The van der Waals surface area contributed by atoms with Crippen LogP contribution in [0.15, 0.2) is 46.6 Å². The highest BCUT2D eigenvalue weighted by molar-refractivity contribution is 7.16. The summed E-state index contributed by atoms with van der Waals surface area (Å²) in [6.07, 6.45) is 1.61. The van der Waals surface area contributed by atoms with Crippen LogP contribution in [0.2, 0.25) is 5.15 Å². The van der Waals surface area contributed by atoms with E-state index < -0.39 is 0 Å². The Kier molecular flexibility index (Phi) is 8.35. The number of azo groups is 1. The Morgan fingerprint density at radius 1 is 1.26 bits per heavy atom. The van der Waals surface area contributed by atoms with Gasteiger partial charge < -0.3 is 19.9 Å². The number of thiazole rings is 1. The van der Waals surface area contributed by atoms with Gasteiger partial charge in [-0.2, -0.15) is 5.26 Å². The Morgan fingerprint density at radius 2 is 2.03 bits per heavy atom. The number of halogens is 1. The Balaban J connectivity index is 1.68. The van der Waals surface area contributed by atoms with Gasteiger partial charge in [0, 0.05) is 26.1 Å². The molecule has 1 amide bonds. The first-order valence-corrected chi connectivity index (χ1v) is 13.0. The van der Waals surface area contributed by atoms with Crippen molar-refractivity contribution in [3.8, 4) is 11.8 Å². The van der Waals surface area contributed by atoms with Gasteiger partial charge in [0.25, 0.3) is 0 Å². The van der Waals surface area contributed by atoms with E-state index >= 15 is 0 Å². The number of anilines is 2. The summed E-state index contributed by atoms with van der Waals surface area (Å²) in [6.45, 7) is 7.04. The fourth-order valence-corrected chi connectivity index (χ4v) is 4.82. The molecule has 2 N–H and O–H groups in total. The van der Waals surface area contributed by atoms with Gasteiger partial charge in [0.15, 0.2) is 0 Å². The van der Waals surface area contributed by atoms with Crippen molar-refractivity contribution in [3.05, 3.63) is 52.3 Å². The largest absolute Gasteiger partial charge is 0.494 e. The number of H-pyrrole nitrogens is 1. The number of nitrogens with one attached hydrogen (secondary N) is 2. The third kappa shape index (κ3) is 5.82. The summed E-state index contributed by atoms with van der Waals surface area (Å²) in [5.41, 5.74) is 3.61. The number of nitriles is 1. The van der Waals surface area contributed by atoms with Crippen molar-refractivity contribution < 1.29 is 9.53 Å². The van der Waals surface area contributed by atoms with E-state index in [1.54, 1.807) is 19.3 Å². The van der Waals surface area contributed by atoms with Gasteiger partial charge in [-0.25, -0.2) is 9.97 Å². The molecule has 38 heavy (non-hydrogen) atoms. The number of aromatic amines is 1. The molecule has 0 aliphatic heterocycles. The van der Waals surface area contributed by atoms with Crippen molar-refractivity contribution in [2.75, 3.05) is 30.4 Å². The van der Waals surface area contributed by atoms with Crippen LogP contribution in [-0.2, 0) is 4.79 Å². The molecule has 2 aromatic heterocycles. The second-order valence-electron chi connectivity index (χ2n) is 8.02. The minimum absolute atomic E-state index is 0.185. The molecule has 0 saturated heterocycles. The number of hydrogen-bond acceptors (Lipinski definition) is 9. The van der Waals surface area contributed by atoms with Gasteiger partial charge in [-0.3, -0.25) is 4.79 Å². The predicted octanol–water partition coefficient (Wildman–Crippen LogP) is 6.97. The van der Waals surface area contributed by atoms with Gasteiger partial charge in [-0.05, 0) is 38.1 Å². The number of nitrogens with zero attached hydrogens (tertiary/aromatic N) is 6. The van der Waals surface area contributed by atoms with E-state index in [0.717, 1.165) is 29.8 Å². The number of carbonyl (C=O) groups excluding carboxylic acids is 1. The van der Waals surface area contributed by atoms with E-state index in [1.165, 1.54) is 18.3 Å². The van der Waals surface area contributed by atoms with Crippen molar-refractivity contribution >= 4 is 73.7 Å². The number of para-hydroxylation sites is 2. The normalized spacial score (nSPS) is 11.6. The standard InChI is InChI=1S/C26H25ClN8O2S/c1-5-35(6-2)21-12-19(29-15(3)36)20(13-22(21)37-4)33-34-26-32-24(27)23(38-26)11-16(14-28)25-30-17-9-7-8-10-18(17)31-25/h7-13H,5-6H2,1-4H3,(H,29,36)(H,30,31)/b16-11+,34-33?. The Bertz CT molecular complexity index is 1550. The number of ether oxygens (including phenoxy) is 1. The number of amides is 1. The van der Waals surface area contributed by atoms with Crippen LogP contribution in [0.5, 0.6) is 5.75 Å². The fourth-order valence-electron chi connectivity index (χ4n) is 3.80. The molecule has 0 fully saturated rings. The molecule has 0 aliphatic carbocycles. The summed E-state index contributed by atoms with van der Waals surface area (Å²) in [5, 5.41) is 21.6. The summed E-state index contributed by atoms with van der Waals surface area (Å²) in [7, 11) is 1.58. The lowest BCUT2D eigenvalue weighted by molar-refractivity contribution is -0.114. The molecule has 2 aromatic carbocycles. The SMILES string of the molecule is CCN(CC)c1cc(NC(C)=O)c(N=Nc2nc(Cl)c(/C=C(\C#N)c3nc4ccccc4[nH]3)s2)cc1OC. The third-order valence-electron chi connectivity index (χ3n) is 5.59. The van der Waals surface area contributed by atoms with Crippen molar-refractivity contribution in [1.82, 2.24) is 15.0 Å². The minimum atomic E-state index is -0.239. The number of hydrogen-bond donors (Lipinski definition) is 2. The summed E-state index contributed by atoms with van der Waals surface area (Å²) < 4.78 is 5.59. The first-order valence-electron chi connectivity index (χ1n) is 11.8. The second-order valence-corrected chi connectivity index (χ2v) is 9.39. The lowest BCUT2D eigenvalue weighted by Crippen LogP contribution is -2.22. The number of fused-ring (bicyclic) bond motifs is 1. The van der Waals surface area contributed by atoms with Gasteiger partial charge in [0.05, 0.1) is 40.0 Å². The van der Waals surface area contributed by atoms with Gasteiger partial charge in [-0.1, -0.05) is 35.1 Å². The van der Waals surface area contributed by atoms with Crippen LogP contribution in [0.4, 0.5) is 22.2 Å². The van der Waals surface area contributed by atoms with Gasteiger partial charge in [0.2, 0.25) is 11.0 Å². The van der Waals surface area contributed by atoms with E-state index in [0.29, 0.717) is 33.4 Å². The van der Waals surface area contributed by atoms with E-state index in [-0.39, 0.29) is 16.2 Å². The van der Waals surface area contributed by atoms with E-state index in [9.17, 15) is 10.1 Å². The molecule has 4 rings (SSSR count). The number of aromatic nitrogens is 3. The minimum Gasteiger partial charge on any atom is -0.494 e. The summed E-state index contributed by atoms with van der Waals surface area (Å²) in [6, 6.07) is 13.2. The Labute approximate surface area is 228 Å². The molecule has 0 radical (unpaired) electrons. The maximum atomic E-state index is 11.9. The maximum Gasteiger partial charge on any atom is 0.231 e. The molecule has 0 bridgehead atoms. The van der Waals surface area contributed by atoms with Crippen molar-refractivity contribution in [3.63, 3.8) is 0 Å². The Hall–Kier alpha value is -4.27. The average molecular weight is 549 g/mol. The number of benzene rings is 2. The van der Waals surface area contributed by atoms with Crippen LogP contribution in [0.25, 0.3) is 22.7 Å². The molecule has 2 heterocycles. The summed E-state index contributed by atoms with van der Waals surface area (Å²) in [5.74, 6) is 0.792. The first kappa shape index (κ1) is 26.8. The lowest BCUT2D eigenvalue weighted by Gasteiger charge is -2.24. The molecule has 0 unspecified atom stereocenters. The van der Waals surface area contributed by atoms with Crippen LogP contribution in [0, 0.1) is 11.3 Å². The molecule has 0 saturated carbocycles. The number of rotatable bonds is 9.